The molecule has 4 aromatic carbocycles. The van der Waals surface area contributed by atoms with E-state index in [0.29, 0.717) is 115 Å². The Hall–Kier alpha value is -9.81. The van der Waals surface area contributed by atoms with E-state index in [0.717, 1.165) is 189 Å². The lowest BCUT2D eigenvalue weighted by Crippen LogP contribution is -2.43. The summed E-state index contributed by atoms with van der Waals surface area (Å²) in [4.78, 5) is 117. The van der Waals surface area contributed by atoms with E-state index in [2.05, 4.69) is 105 Å². The molecule has 4 atom stereocenters. The Bertz CT molecular complexity index is 5470. The molecule has 0 unspecified atom stereocenters. The number of fused-ring (bicyclic) bond motifs is 4. The maximum absolute atomic E-state index is 13.3. The smallest absolute Gasteiger partial charge is 0.398 e. The van der Waals surface area contributed by atoms with Crippen molar-refractivity contribution in [1.29, 1.82) is 0 Å². The van der Waals surface area contributed by atoms with Gasteiger partial charge in [0, 0.05) is 122 Å². The van der Waals surface area contributed by atoms with Gasteiger partial charge in [0.25, 0.3) is 23.6 Å². The van der Waals surface area contributed by atoms with Gasteiger partial charge in [-0.2, -0.15) is 13.2 Å². The Morgan fingerprint density at radius 2 is 0.794 bits per heavy atom. The highest BCUT2D eigenvalue weighted by molar-refractivity contribution is 7.13. The number of rotatable bonds is 22. The van der Waals surface area contributed by atoms with E-state index < -0.39 is 17.6 Å². The summed E-state index contributed by atoms with van der Waals surface area (Å²) in [5.41, 5.74) is 14.1. The monoisotopic (exact) mass is 1790 g/mol. The first-order valence-electron chi connectivity index (χ1n) is 43.5. The van der Waals surface area contributed by atoms with Crippen LogP contribution < -0.4 is 14.2 Å². The predicted molar refractivity (Wildman–Crippen MR) is 479 cm³/mol. The second-order valence-corrected chi connectivity index (χ2v) is 39.6. The van der Waals surface area contributed by atoms with Crippen molar-refractivity contribution in [3.8, 4) is 17.2 Å². The standard InChI is InChI=1S/C26H30N2O4S.C25H28N2O4S.C24H22F3NO3S.C24H27NO3S/c1-18-2-7-23(24(29)12-18)28-14-22-21(17-33-25(22)26(28)30)16-32-15-20-5-3-19(4-6-20)13-27-8-10-31-11-9-27;1-17-2-7-22(23(28)12-17)27-15-24-21(25(27)29)13-20(32-24)16-31-19-5-3-18(4-6-19)14-26-8-10-30-11-9-26;1-14-2-7-19(20(29)10-14)28-11-18-15(13-32-21(18)22(28)30)12-31-17-5-3-16(4-6-17)23(8-9-23)24(25,26)27;1-15-5-10-20(21(26)11-15)25-12-19-16(14-29-22(19)23(25)27)13-28-18-8-6-17(7-9-18)24(2,3)4/h3-6,17,23H,1-2,7-16H2;3-6,13,22H,1-2,7-12,14-16H2;3-6,13,19H,1-2,7-12H2;6-9,14,20H,1,5,10-13H2,2-4H3/t23-;22-;19-;20-/m0000/s1. The third-order valence-electron chi connectivity index (χ3n) is 25.8. The van der Waals surface area contributed by atoms with Gasteiger partial charge < -0.3 is 48.0 Å². The first-order valence-corrected chi connectivity index (χ1v) is 47.0. The number of halogens is 3. The molecule has 5 aliphatic carbocycles. The summed E-state index contributed by atoms with van der Waals surface area (Å²) >= 11 is 5.87. The second kappa shape index (κ2) is 38.6. The third-order valence-corrected chi connectivity index (χ3v) is 30.1. The summed E-state index contributed by atoms with van der Waals surface area (Å²) < 4.78 is 74.5. The molecule has 5 saturated carbocycles. The molecule has 4 aromatic heterocycles. The van der Waals surface area contributed by atoms with Crippen molar-refractivity contribution in [2.45, 2.75) is 224 Å². The summed E-state index contributed by atoms with van der Waals surface area (Å²) in [6.45, 7) is 35.3. The molecule has 20 nitrogen and oxygen atoms in total. The number of amides is 4. The normalized spacial score (nSPS) is 21.4. The summed E-state index contributed by atoms with van der Waals surface area (Å²) in [6, 6.07) is 31.7. The minimum absolute atomic E-state index is 0.0111. The Labute approximate surface area is 749 Å². The number of carbonyl (C=O) groups excluding carboxylic acids is 8. The average molecular weight is 1790 g/mol. The molecule has 11 aliphatic rings. The van der Waals surface area contributed by atoms with Gasteiger partial charge in [-0.1, -0.05) is 130 Å². The Balaban J connectivity index is 0.000000124. The van der Waals surface area contributed by atoms with E-state index in [1.165, 1.54) is 62.8 Å². The van der Waals surface area contributed by atoms with E-state index in [-0.39, 0.29) is 95.3 Å². The van der Waals surface area contributed by atoms with Gasteiger partial charge in [-0.3, -0.25) is 48.2 Å². The van der Waals surface area contributed by atoms with Crippen LogP contribution in [0, 0.1) is 0 Å². The molecule has 0 radical (unpaired) electrons. The van der Waals surface area contributed by atoms with E-state index in [9.17, 15) is 51.5 Å². The molecule has 8 aromatic rings. The molecule has 0 N–H and O–H groups in total. The summed E-state index contributed by atoms with van der Waals surface area (Å²) in [6.07, 6.45) is 3.37. The zero-order valence-corrected chi connectivity index (χ0v) is 75.0. The highest BCUT2D eigenvalue weighted by atomic mass is 32.1. The number of ether oxygens (including phenoxy) is 6. The van der Waals surface area contributed by atoms with Gasteiger partial charge in [0.05, 0.1) is 96.0 Å². The zero-order chi connectivity index (χ0) is 88.3. The first-order chi connectivity index (χ1) is 60.6. The van der Waals surface area contributed by atoms with E-state index in [1.807, 2.05) is 46.5 Å². The van der Waals surface area contributed by atoms with Crippen LogP contribution in [-0.2, 0) is 117 Å². The van der Waals surface area contributed by atoms with Crippen LogP contribution in [0.2, 0.25) is 0 Å². The SMILES string of the molecule is C=C1CC[C@H](N2Cc3c(COCc4ccc(CN5CCOCC5)cc4)csc3C2=O)C(=O)C1.C=C1CC[C@H](N2Cc3c(COc4ccc(C(C)(C)C)cc4)csc3C2=O)C(=O)C1.C=C1CC[C@H](N2Cc3c(COc4ccc(C5(C(F)(F)F)CC5)cc4)csc3C2=O)C(=O)C1.C=C1CC[C@H](N2Cc3sc(COc4ccc(CN5CCOCC5)cc4)cc3C2=O)C(=O)C1. The first kappa shape index (κ1) is 89.6. The van der Waals surface area contributed by atoms with E-state index >= 15 is 0 Å². The van der Waals surface area contributed by atoms with Crippen LogP contribution in [0.1, 0.15) is 221 Å². The lowest BCUT2D eigenvalue weighted by atomic mass is 9.87. The molecular weight excluding hydrogens is 1680 g/mol. The number of thiophene rings is 4. The maximum Gasteiger partial charge on any atom is 0.398 e. The van der Waals surface area contributed by atoms with Gasteiger partial charge in [0.2, 0.25) is 0 Å². The molecule has 10 heterocycles. The second-order valence-electron chi connectivity index (χ2n) is 35.8. The molecule has 126 heavy (non-hydrogen) atoms. The van der Waals surface area contributed by atoms with Gasteiger partial charge in [-0.15, -0.1) is 45.3 Å². The minimum atomic E-state index is -4.24. The van der Waals surface area contributed by atoms with E-state index in [4.69, 9.17) is 28.4 Å². The van der Waals surface area contributed by atoms with Crippen LogP contribution in [0.15, 0.2) is 168 Å². The number of ketones is 4. The van der Waals surface area contributed by atoms with Crippen molar-refractivity contribution in [2.24, 2.45) is 0 Å². The maximum atomic E-state index is 13.3. The van der Waals surface area contributed by atoms with Crippen molar-refractivity contribution in [2.75, 3.05) is 52.6 Å². The van der Waals surface area contributed by atoms with Crippen molar-refractivity contribution in [3.05, 3.63) is 259 Å². The molecular formula is C99H107F3N6O14S4. The van der Waals surface area contributed by atoms with Gasteiger partial charge >= 0.3 is 6.18 Å². The molecule has 2 saturated heterocycles. The van der Waals surface area contributed by atoms with Gasteiger partial charge in [-0.25, -0.2) is 0 Å². The number of allylic oxidation sites excluding steroid dienone is 4. The largest absolute Gasteiger partial charge is 0.489 e. The fraction of sp³-hybridized carbons (Fsp3) is 0.434. The van der Waals surface area contributed by atoms with Gasteiger partial charge in [0.1, 0.15) is 37.1 Å². The Kier molecular flexibility index (Phi) is 27.5. The number of alkyl halides is 3. The lowest BCUT2D eigenvalue weighted by Gasteiger charge is -2.30. The number of Topliss-reactive ketones (excluding diaryl/α,β-unsaturated/α-hetero) is 4. The van der Waals surface area contributed by atoms with Gasteiger partial charge in [-0.05, 0) is 162 Å². The molecule has 0 spiro atoms. The van der Waals surface area contributed by atoms with Crippen LogP contribution in [0.5, 0.6) is 17.2 Å². The minimum Gasteiger partial charge on any atom is -0.489 e. The summed E-state index contributed by atoms with van der Waals surface area (Å²) in [5, 5.41) is 5.91. The Morgan fingerprint density at radius 3 is 1.17 bits per heavy atom. The lowest BCUT2D eigenvalue weighted by molar-refractivity contribution is -0.160. The fourth-order valence-electron chi connectivity index (χ4n) is 18.2. The van der Waals surface area contributed by atoms with Crippen LogP contribution in [0.25, 0.3) is 0 Å². The molecule has 0 bridgehead atoms. The van der Waals surface area contributed by atoms with Crippen LogP contribution in [0.4, 0.5) is 13.2 Å². The molecule has 6 aliphatic heterocycles. The third kappa shape index (κ3) is 20.3. The summed E-state index contributed by atoms with van der Waals surface area (Å²) in [5.74, 6) is 2.33. The zero-order valence-electron chi connectivity index (χ0n) is 71.7. The van der Waals surface area contributed by atoms with E-state index in [1.54, 1.807) is 43.1 Å². The number of hydrogen-bond donors (Lipinski definition) is 0. The molecule has 7 fully saturated rings. The number of morpholine rings is 2. The number of carbonyl (C=O) groups is 8. The quantitative estimate of drug-likeness (QED) is 0.0577. The Morgan fingerprint density at radius 1 is 0.437 bits per heavy atom. The molecule has 662 valence electrons. The average Bonchev–Trinajstić information content (AvgIpc) is 1.58. The van der Waals surface area contributed by atoms with Crippen LogP contribution >= 0.6 is 45.3 Å². The predicted octanol–water partition coefficient (Wildman–Crippen LogP) is 18.5. The molecule has 27 heteroatoms. The molecule has 4 amide bonds. The highest BCUT2D eigenvalue weighted by Gasteiger charge is 2.64. The van der Waals surface area contributed by atoms with Crippen molar-refractivity contribution >= 4 is 92.1 Å². The highest BCUT2D eigenvalue weighted by Crippen LogP contribution is 2.59. The van der Waals surface area contributed by atoms with Gasteiger partial charge in [0.15, 0.2) is 23.1 Å². The van der Waals surface area contributed by atoms with Crippen molar-refractivity contribution in [3.63, 3.8) is 0 Å². The molecule has 19 rings (SSSR count). The van der Waals surface area contributed by atoms with Crippen molar-refractivity contribution < 1.29 is 79.9 Å². The van der Waals surface area contributed by atoms with Crippen LogP contribution in [-0.4, -0.2) is 159 Å². The fourth-order valence-corrected chi connectivity index (χ4v) is 22.3. The number of nitrogens with zero attached hydrogens (tertiary/aromatic N) is 6. The summed E-state index contributed by atoms with van der Waals surface area (Å²) in [7, 11) is 0. The number of hydrogen-bond acceptors (Lipinski definition) is 20. The number of benzene rings is 4. The topological polar surface area (TPSA) is 211 Å². The van der Waals surface area contributed by atoms with Crippen molar-refractivity contribution in [1.82, 2.24) is 29.4 Å². The van der Waals surface area contributed by atoms with Crippen LogP contribution in [0.3, 0.4) is 0 Å².